The second-order valence-corrected chi connectivity index (χ2v) is 2.82. The maximum atomic E-state index is 10.3. The number of aldehydes is 1. The predicted molar refractivity (Wildman–Crippen MR) is 51.1 cm³/mol. The molecule has 1 aromatic carbocycles. The highest BCUT2D eigenvalue weighted by atomic mass is 35.5. The molecule has 1 aromatic rings. The van der Waals surface area contributed by atoms with Gasteiger partial charge in [-0.25, -0.2) is 0 Å². The molecule has 0 fully saturated rings. The summed E-state index contributed by atoms with van der Waals surface area (Å²) in [6, 6.07) is 8.71. The zero-order chi connectivity index (χ0) is 9.68. The van der Waals surface area contributed by atoms with Gasteiger partial charge in [-0.2, -0.15) is 5.26 Å². The highest BCUT2D eigenvalue weighted by molar-refractivity contribution is 6.30. The third-order valence-corrected chi connectivity index (χ3v) is 1.66. The Morgan fingerprint density at radius 3 is 2.85 bits per heavy atom. The van der Waals surface area contributed by atoms with Gasteiger partial charge in [0.2, 0.25) is 0 Å². The van der Waals surface area contributed by atoms with Crippen molar-refractivity contribution < 1.29 is 4.79 Å². The lowest BCUT2D eigenvalue weighted by Crippen LogP contribution is -1.79. The number of carbonyl (C=O) groups excluding carboxylic acids is 1. The summed E-state index contributed by atoms with van der Waals surface area (Å²) in [5.41, 5.74) is 0.832. The lowest BCUT2D eigenvalue weighted by molar-refractivity contribution is -0.104. The van der Waals surface area contributed by atoms with Crippen LogP contribution in [0.3, 0.4) is 0 Å². The number of benzene rings is 1. The fourth-order valence-electron chi connectivity index (χ4n) is 0.869. The maximum Gasteiger partial charge on any atom is 0.160 e. The molecule has 0 heterocycles. The zero-order valence-electron chi connectivity index (χ0n) is 6.70. The van der Waals surface area contributed by atoms with E-state index in [4.69, 9.17) is 16.9 Å². The topological polar surface area (TPSA) is 40.9 Å². The van der Waals surface area contributed by atoms with E-state index in [0.29, 0.717) is 11.3 Å². The molecule has 0 aliphatic heterocycles. The first-order valence-electron chi connectivity index (χ1n) is 3.59. The average Bonchev–Trinajstić information content (AvgIpc) is 2.14. The van der Waals surface area contributed by atoms with Crippen molar-refractivity contribution in [1.29, 1.82) is 5.26 Å². The van der Waals surface area contributed by atoms with Gasteiger partial charge in [0, 0.05) is 5.02 Å². The van der Waals surface area contributed by atoms with Crippen molar-refractivity contribution in [1.82, 2.24) is 0 Å². The number of allylic oxidation sites excluding steroid dienone is 1. The molecular formula is C10H6ClNO. The minimum absolute atomic E-state index is 0.0854. The number of hydrogen-bond donors (Lipinski definition) is 0. The van der Waals surface area contributed by atoms with E-state index < -0.39 is 0 Å². The van der Waals surface area contributed by atoms with Gasteiger partial charge >= 0.3 is 0 Å². The van der Waals surface area contributed by atoms with E-state index >= 15 is 0 Å². The van der Waals surface area contributed by atoms with Crippen molar-refractivity contribution in [2.45, 2.75) is 0 Å². The highest BCUT2D eigenvalue weighted by Crippen LogP contribution is 2.12. The van der Waals surface area contributed by atoms with Crippen LogP contribution in [0.1, 0.15) is 5.56 Å². The van der Waals surface area contributed by atoms with Gasteiger partial charge in [-0.05, 0) is 23.8 Å². The lowest BCUT2D eigenvalue weighted by atomic mass is 10.1. The molecular weight excluding hydrogens is 186 g/mol. The molecule has 2 nitrogen and oxygen atoms in total. The van der Waals surface area contributed by atoms with Crippen molar-refractivity contribution in [2.24, 2.45) is 0 Å². The molecule has 64 valence electrons. The van der Waals surface area contributed by atoms with Crippen LogP contribution >= 0.6 is 11.6 Å². The standard InChI is InChI=1S/C10H6ClNO/c11-10-3-1-2-8(5-10)4-9(6-12)7-13/h1-5,7H/b9-4+. The van der Waals surface area contributed by atoms with E-state index in [1.54, 1.807) is 30.3 Å². The minimum atomic E-state index is 0.0854. The zero-order valence-corrected chi connectivity index (χ0v) is 7.45. The Balaban J connectivity index is 3.04. The molecule has 0 amide bonds. The Morgan fingerprint density at radius 1 is 1.54 bits per heavy atom. The summed E-state index contributed by atoms with van der Waals surface area (Å²) in [5.74, 6) is 0. The number of nitriles is 1. The largest absolute Gasteiger partial charge is 0.297 e. The first kappa shape index (κ1) is 9.50. The molecule has 0 saturated heterocycles. The number of hydrogen-bond acceptors (Lipinski definition) is 2. The van der Waals surface area contributed by atoms with Crippen LogP contribution in [0, 0.1) is 11.3 Å². The van der Waals surface area contributed by atoms with Gasteiger partial charge in [0.15, 0.2) is 6.29 Å². The van der Waals surface area contributed by atoms with Gasteiger partial charge in [0.1, 0.15) is 6.07 Å². The predicted octanol–water partition coefficient (Wildman–Crippen LogP) is 2.45. The van der Waals surface area contributed by atoms with Gasteiger partial charge in [0.05, 0.1) is 5.57 Å². The molecule has 0 radical (unpaired) electrons. The molecule has 0 atom stereocenters. The Morgan fingerprint density at radius 2 is 2.31 bits per heavy atom. The van der Waals surface area contributed by atoms with E-state index in [9.17, 15) is 4.79 Å². The molecule has 0 spiro atoms. The SMILES string of the molecule is N#C/C(C=O)=C\c1cccc(Cl)c1. The Kier molecular flexibility index (Phi) is 3.24. The summed E-state index contributed by atoms with van der Waals surface area (Å²) in [5, 5.41) is 9.05. The normalized spacial score (nSPS) is 10.6. The summed E-state index contributed by atoms with van der Waals surface area (Å²) in [6.07, 6.45) is 2.00. The van der Waals surface area contributed by atoms with Crippen LogP contribution in [-0.4, -0.2) is 6.29 Å². The van der Waals surface area contributed by atoms with E-state index in [2.05, 4.69) is 0 Å². The van der Waals surface area contributed by atoms with E-state index in [-0.39, 0.29) is 5.57 Å². The molecule has 0 aromatic heterocycles. The first-order chi connectivity index (χ1) is 6.26. The average molecular weight is 192 g/mol. The third-order valence-electron chi connectivity index (χ3n) is 1.43. The molecule has 3 heteroatoms. The van der Waals surface area contributed by atoms with Crippen LogP contribution in [0.5, 0.6) is 0 Å². The van der Waals surface area contributed by atoms with Crippen LogP contribution in [-0.2, 0) is 4.79 Å². The van der Waals surface area contributed by atoms with Crippen LogP contribution in [0.25, 0.3) is 6.08 Å². The van der Waals surface area contributed by atoms with Crippen molar-refractivity contribution in [3.8, 4) is 6.07 Å². The minimum Gasteiger partial charge on any atom is -0.297 e. The fraction of sp³-hybridized carbons (Fsp3) is 0. The third kappa shape index (κ3) is 2.73. The van der Waals surface area contributed by atoms with Gasteiger partial charge in [-0.15, -0.1) is 0 Å². The molecule has 0 unspecified atom stereocenters. The monoisotopic (exact) mass is 191 g/mol. The van der Waals surface area contributed by atoms with Crippen molar-refractivity contribution in [3.05, 3.63) is 40.4 Å². The Labute approximate surface area is 81.1 Å². The molecule has 0 bridgehead atoms. The molecule has 0 aliphatic carbocycles. The van der Waals surface area contributed by atoms with Crippen LogP contribution < -0.4 is 0 Å². The molecule has 0 saturated carbocycles. The second kappa shape index (κ2) is 4.44. The summed E-state index contributed by atoms with van der Waals surface area (Å²) in [6.45, 7) is 0. The van der Waals surface area contributed by atoms with Crippen molar-refractivity contribution in [3.63, 3.8) is 0 Å². The quantitative estimate of drug-likeness (QED) is 0.409. The second-order valence-electron chi connectivity index (χ2n) is 2.38. The van der Waals surface area contributed by atoms with E-state index in [1.807, 2.05) is 0 Å². The number of halogens is 1. The summed E-state index contributed by atoms with van der Waals surface area (Å²) in [7, 11) is 0. The Bertz CT molecular complexity index is 390. The van der Waals surface area contributed by atoms with Crippen molar-refractivity contribution >= 4 is 24.0 Å². The summed E-state index contributed by atoms with van der Waals surface area (Å²) >= 11 is 5.71. The number of carbonyl (C=O) groups is 1. The van der Waals surface area contributed by atoms with Crippen LogP contribution in [0.4, 0.5) is 0 Å². The highest BCUT2D eigenvalue weighted by Gasteiger charge is 1.94. The number of nitrogens with zero attached hydrogens (tertiary/aromatic N) is 1. The molecule has 0 aliphatic rings. The molecule has 13 heavy (non-hydrogen) atoms. The van der Waals surface area contributed by atoms with Crippen molar-refractivity contribution in [2.75, 3.05) is 0 Å². The van der Waals surface area contributed by atoms with Gasteiger partial charge in [-0.3, -0.25) is 4.79 Å². The Hall–Kier alpha value is -1.59. The lowest BCUT2D eigenvalue weighted by Gasteiger charge is -1.93. The van der Waals surface area contributed by atoms with Gasteiger partial charge in [-0.1, -0.05) is 23.7 Å². The van der Waals surface area contributed by atoms with Gasteiger partial charge in [0.25, 0.3) is 0 Å². The summed E-state index contributed by atoms with van der Waals surface area (Å²) in [4.78, 5) is 10.3. The number of rotatable bonds is 2. The van der Waals surface area contributed by atoms with Crippen LogP contribution in [0.2, 0.25) is 5.02 Å². The van der Waals surface area contributed by atoms with E-state index in [0.717, 1.165) is 5.56 Å². The van der Waals surface area contributed by atoms with E-state index in [1.165, 1.54) is 6.08 Å². The molecule has 1 rings (SSSR count). The van der Waals surface area contributed by atoms with Crippen LogP contribution in [0.15, 0.2) is 29.8 Å². The van der Waals surface area contributed by atoms with Gasteiger partial charge < -0.3 is 0 Å². The maximum absolute atomic E-state index is 10.3. The fourth-order valence-corrected chi connectivity index (χ4v) is 1.07. The molecule has 0 N–H and O–H groups in total. The summed E-state index contributed by atoms with van der Waals surface area (Å²) < 4.78 is 0. The smallest absolute Gasteiger partial charge is 0.160 e. The first-order valence-corrected chi connectivity index (χ1v) is 3.96.